The number of anilines is 1. The van der Waals surface area contributed by atoms with Gasteiger partial charge in [-0.15, -0.1) is 0 Å². The molecule has 0 aromatic heterocycles. The molecule has 0 saturated heterocycles. The van der Waals surface area contributed by atoms with Gasteiger partial charge in [0.25, 0.3) is 5.91 Å². The van der Waals surface area contributed by atoms with Crippen LogP contribution in [0, 0.1) is 0 Å². The first kappa shape index (κ1) is 18.9. The van der Waals surface area contributed by atoms with E-state index in [-0.39, 0.29) is 16.3 Å². The molecule has 6 nitrogen and oxygen atoms in total. The normalized spacial score (nSPS) is 10.1. The Labute approximate surface area is 154 Å². The van der Waals surface area contributed by atoms with Crippen LogP contribution in [0.15, 0.2) is 36.4 Å². The molecular weight excluding hydrogens is 369 g/mol. The summed E-state index contributed by atoms with van der Waals surface area (Å²) in [6.45, 7) is -0.488. The lowest BCUT2D eigenvalue weighted by atomic mass is 10.2. The van der Waals surface area contributed by atoms with Gasteiger partial charge in [-0.1, -0.05) is 29.3 Å². The average molecular weight is 384 g/mol. The molecule has 0 spiro atoms. The van der Waals surface area contributed by atoms with Crippen molar-refractivity contribution < 1.29 is 23.8 Å². The largest absolute Gasteiger partial charge is 0.493 e. The van der Waals surface area contributed by atoms with Gasteiger partial charge in [0.15, 0.2) is 18.1 Å². The highest BCUT2D eigenvalue weighted by molar-refractivity contribution is 6.36. The first-order chi connectivity index (χ1) is 12.0. The van der Waals surface area contributed by atoms with Crippen molar-refractivity contribution in [3.05, 3.63) is 52.0 Å². The smallest absolute Gasteiger partial charge is 0.342 e. The topological polar surface area (TPSA) is 73.9 Å². The molecule has 0 atom stereocenters. The highest BCUT2D eigenvalue weighted by Crippen LogP contribution is 2.31. The van der Waals surface area contributed by atoms with E-state index in [1.807, 2.05) is 0 Å². The van der Waals surface area contributed by atoms with E-state index < -0.39 is 18.5 Å². The Balaban J connectivity index is 2.01. The second-order valence-electron chi connectivity index (χ2n) is 4.79. The standard InChI is InChI=1S/C17H15Cl2NO5/c1-23-14-5-3-4-11(16(14)24-2)17(22)25-9-15(21)20-13-7-6-10(18)8-12(13)19/h3-8H,9H2,1-2H3,(H,20,21). The summed E-state index contributed by atoms with van der Waals surface area (Å²) in [6.07, 6.45) is 0. The molecule has 2 rings (SSSR count). The SMILES string of the molecule is COc1cccc(C(=O)OCC(=O)Nc2ccc(Cl)cc2Cl)c1OC. The molecular formula is C17H15Cl2NO5. The Morgan fingerprint density at radius 2 is 1.84 bits per heavy atom. The molecule has 132 valence electrons. The monoisotopic (exact) mass is 383 g/mol. The van der Waals surface area contributed by atoms with Gasteiger partial charge in [-0.2, -0.15) is 0 Å². The molecule has 0 radical (unpaired) electrons. The first-order valence-electron chi connectivity index (χ1n) is 7.09. The number of benzene rings is 2. The maximum Gasteiger partial charge on any atom is 0.342 e. The van der Waals surface area contributed by atoms with Crippen LogP contribution in [-0.4, -0.2) is 32.7 Å². The number of hydrogen-bond acceptors (Lipinski definition) is 5. The summed E-state index contributed by atoms with van der Waals surface area (Å²) in [5.41, 5.74) is 0.519. The van der Waals surface area contributed by atoms with Gasteiger partial charge in [-0.05, 0) is 30.3 Å². The number of halogens is 2. The van der Waals surface area contributed by atoms with Gasteiger partial charge < -0.3 is 19.5 Å². The van der Waals surface area contributed by atoms with Gasteiger partial charge in [-0.3, -0.25) is 4.79 Å². The van der Waals surface area contributed by atoms with Crippen LogP contribution in [0.3, 0.4) is 0 Å². The highest BCUT2D eigenvalue weighted by atomic mass is 35.5. The lowest BCUT2D eigenvalue weighted by Crippen LogP contribution is -2.21. The fourth-order valence-electron chi connectivity index (χ4n) is 2.03. The summed E-state index contributed by atoms with van der Waals surface area (Å²) >= 11 is 11.8. The second kappa shape index (κ2) is 8.60. The third-order valence-electron chi connectivity index (χ3n) is 3.16. The van der Waals surface area contributed by atoms with Crippen LogP contribution in [0.25, 0.3) is 0 Å². The molecule has 0 unspecified atom stereocenters. The van der Waals surface area contributed by atoms with Crippen LogP contribution in [-0.2, 0) is 9.53 Å². The van der Waals surface area contributed by atoms with E-state index in [4.69, 9.17) is 37.4 Å². The van der Waals surface area contributed by atoms with Crippen LogP contribution in [0.5, 0.6) is 11.5 Å². The molecule has 1 amide bonds. The maximum absolute atomic E-state index is 12.2. The molecule has 0 fully saturated rings. The molecule has 0 aliphatic heterocycles. The third-order valence-corrected chi connectivity index (χ3v) is 3.71. The maximum atomic E-state index is 12.2. The zero-order chi connectivity index (χ0) is 18.4. The number of ether oxygens (including phenoxy) is 3. The van der Waals surface area contributed by atoms with Crippen LogP contribution in [0.1, 0.15) is 10.4 Å². The average Bonchev–Trinajstić information content (AvgIpc) is 2.61. The van der Waals surface area contributed by atoms with Crippen molar-refractivity contribution in [2.75, 3.05) is 26.1 Å². The lowest BCUT2D eigenvalue weighted by molar-refractivity contribution is -0.119. The number of esters is 1. The van der Waals surface area contributed by atoms with Crippen molar-refractivity contribution in [2.24, 2.45) is 0 Å². The zero-order valence-corrected chi connectivity index (χ0v) is 15.0. The minimum absolute atomic E-state index is 0.152. The van der Waals surface area contributed by atoms with E-state index in [1.165, 1.54) is 26.4 Å². The number of hydrogen-bond donors (Lipinski definition) is 1. The summed E-state index contributed by atoms with van der Waals surface area (Å²) in [4.78, 5) is 24.1. The van der Waals surface area contributed by atoms with Crippen molar-refractivity contribution in [1.29, 1.82) is 0 Å². The summed E-state index contributed by atoms with van der Waals surface area (Å²) in [7, 11) is 2.86. The molecule has 2 aromatic carbocycles. The van der Waals surface area contributed by atoms with Crippen molar-refractivity contribution >= 4 is 40.8 Å². The second-order valence-corrected chi connectivity index (χ2v) is 5.63. The van der Waals surface area contributed by atoms with Gasteiger partial charge in [0.05, 0.1) is 24.9 Å². The molecule has 8 heteroatoms. The van der Waals surface area contributed by atoms with Gasteiger partial charge in [0.1, 0.15) is 5.56 Å². The number of amides is 1. The van der Waals surface area contributed by atoms with E-state index in [1.54, 1.807) is 24.3 Å². The minimum Gasteiger partial charge on any atom is -0.493 e. The summed E-state index contributed by atoms with van der Waals surface area (Å²) < 4.78 is 15.3. The fourth-order valence-corrected chi connectivity index (χ4v) is 2.49. The molecule has 2 aromatic rings. The Kier molecular flexibility index (Phi) is 6.50. The molecule has 0 bridgehead atoms. The van der Waals surface area contributed by atoms with E-state index in [0.717, 1.165) is 0 Å². The van der Waals surface area contributed by atoms with Crippen molar-refractivity contribution in [1.82, 2.24) is 0 Å². The van der Waals surface area contributed by atoms with Crippen molar-refractivity contribution in [2.45, 2.75) is 0 Å². The van der Waals surface area contributed by atoms with Crippen LogP contribution < -0.4 is 14.8 Å². The number of carbonyl (C=O) groups is 2. The zero-order valence-electron chi connectivity index (χ0n) is 13.5. The molecule has 0 aliphatic carbocycles. The van der Waals surface area contributed by atoms with Gasteiger partial charge in [0, 0.05) is 5.02 Å². The van der Waals surface area contributed by atoms with Crippen LogP contribution in [0.4, 0.5) is 5.69 Å². The van der Waals surface area contributed by atoms with Crippen LogP contribution in [0.2, 0.25) is 10.0 Å². The van der Waals surface area contributed by atoms with Gasteiger partial charge in [0.2, 0.25) is 0 Å². The van der Waals surface area contributed by atoms with Crippen LogP contribution >= 0.6 is 23.2 Å². The summed E-state index contributed by atoms with van der Waals surface area (Å²) in [5, 5.41) is 3.26. The van der Waals surface area contributed by atoms with E-state index in [0.29, 0.717) is 16.5 Å². The molecule has 25 heavy (non-hydrogen) atoms. The van der Waals surface area contributed by atoms with Gasteiger partial charge in [-0.25, -0.2) is 4.79 Å². The predicted molar refractivity (Wildman–Crippen MR) is 94.9 cm³/mol. The van der Waals surface area contributed by atoms with Crippen molar-refractivity contribution in [3.63, 3.8) is 0 Å². The molecule has 0 heterocycles. The quantitative estimate of drug-likeness (QED) is 0.767. The molecule has 0 aliphatic rings. The number of rotatable bonds is 6. The molecule has 1 N–H and O–H groups in total. The van der Waals surface area contributed by atoms with E-state index in [9.17, 15) is 9.59 Å². The Hall–Kier alpha value is -2.44. The summed E-state index contributed by atoms with van der Waals surface area (Å²) in [6, 6.07) is 9.39. The van der Waals surface area contributed by atoms with E-state index >= 15 is 0 Å². The highest BCUT2D eigenvalue weighted by Gasteiger charge is 2.19. The lowest BCUT2D eigenvalue weighted by Gasteiger charge is -2.12. The minimum atomic E-state index is -0.715. The molecule has 0 saturated carbocycles. The number of methoxy groups -OCH3 is 2. The van der Waals surface area contributed by atoms with E-state index in [2.05, 4.69) is 5.32 Å². The number of nitrogens with one attached hydrogen (secondary N) is 1. The Bertz CT molecular complexity index is 795. The predicted octanol–water partition coefficient (Wildman–Crippen LogP) is 3.81. The van der Waals surface area contributed by atoms with Crippen molar-refractivity contribution in [3.8, 4) is 11.5 Å². The summed E-state index contributed by atoms with van der Waals surface area (Å²) in [5.74, 6) is -0.641. The first-order valence-corrected chi connectivity index (χ1v) is 7.85. The Morgan fingerprint density at radius 1 is 1.08 bits per heavy atom. The number of carbonyl (C=O) groups excluding carboxylic acids is 2. The number of para-hydroxylation sites is 1. The third kappa shape index (κ3) is 4.78. The van der Waals surface area contributed by atoms with Gasteiger partial charge >= 0.3 is 5.97 Å². The Morgan fingerprint density at radius 3 is 2.48 bits per heavy atom. The fraction of sp³-hybridized carbons (Fsp3) is 0.176.